The van der Waals surface area contributed by atoms with Gasteiger partial charge in [0.15, 0.2) is 0 Å². The van der Waals surface area contributed by atoms with Crippen molar-refractivity contribution in [2.24, 2.45) is 0 Å². The molecule has 1 rings (SSSR count). The van der Waals surface area contributed by atoms with Crippen molar-refractivity contribution in [3.05, 3.63) is 29.8 Å². The van der Waals surface area contributed by atoms with Crippen LogP contribution in [0.2, 0.25) is 0 Å². The number of nitrogens with one attached hydrogen (secondary N) is 1. The van der Waals surface area contributed by atoms with Crippen LogP contribution < -0.4 is 5.32 Å². The lowest BCUT2D eigenvalue weighted by molar-refractivity contribution is 0.183. The Morgan fingerprint density at radius 3 is 2.41 bits per heavy atom. The minimum absolute atomic E-state index is 0.387. The smallest absolute Gasteiger partial charge is 0.0476 e. The third kappa shape index (κ3) is 5.11. The summed E-state index contributed by atoms with van der Waals surface area (Å²) in [4.78, 5) is 1.31. The topological polar surface area (TPSA) is 21.3 Å². The van der Waals surface area contributed by atoms with Crippen LogP contribution >= 0.6 is 11.8 Å². The van der Waals surface area contributed by atoms with Crippen LogP contribution in [0.3, 0.4) is 0 Å². The number of hydrogen-bond donors (Lipinski definition) is 1. The summed E-state index contributed by atoms with van der Waals surface area (Å²) in [5.74, 6) is 0. The summed E-state index contributed by atoms with van der Waals surface area (Å²) >= 11 is 1.78. The molecular weight excluding hydrogens is 230 g/mol. The number of methoxy groups -OCH3 is 1. The number of thioether (sulfide) groups is 1. The molecule has 0 saturated heterocycles. The maximum absolute atomic E-state index is 5.09. The van der Waals surface area contributed by atoms with Crippen molar-refractivity contribution in [1.29, 1.82) is 0 Å². The van der Waals surface area contributed by atoms with Gasteiger partial charge in [0.25, 0.3) is 0 Å². The van der Waals surface area contributed by atoms with Crippen molar-refractivity contribution in [1.82, 2.24) is 5.32 Å². The highest BCUT2D eigenvalue weighted by molar-refractivity contribution is 7.98. The molecule has 3 heteroatoms. The van der Waals surface area contributed by atoms with Crippen molar-refractivity contribution >= 4 is 11.8 Å². The molecule has 0 spiro atoms. The Morgan fingerprint density at radius 2 is 1.88 bits per heavy atom. The number of ether oxygens (including phenoxy) is 1. The summed E-state index contributed by atoms with van der Waals surface area (Å²) in [5.41, 5.74) is 1.34. The van der Waals surface area contributed by atoms with Crippen LogP contribution in [0.25, 0.3) is 0 Å². The zero-order valence-corrected chi connectivity index (χ0v) is 12.0. The number of rotatable bonds is 7. The van der Waals surface area contributed by atoms with Crippen molar-refractivity contribution in [3.8, 4) is 0 Å². The predicted octanol–water partition coefficient (Wildman–Crippen LogP) is 3.48. The Kier molecular flexibility index (Phi) is 6.63. The van der Waals surface area contributed by atoms with E-state index in [2.05, 4.69) is 49.7 Å². The zero-order chi connectivity index (χ0) is 12.7. The van der Waals surface area contributed by atoms with E-state index in [1.165, 1.54) is 10.5 Å². The molecule has 1 aromatic rings. The molecular formula is C14H23NOS. The van der Waals surface area contributed by atoms with Crippen molar-refractivity contribution in [3.63, 3.8) is 0 Å². The van der Waals surface area contributed by atoms with E-state index in [4.69, 9.17) is 4.74 Å². The molecule has 0 saturated carbocycles. The molecule has 0 aliphatic rings. The summed E-state index contributed by atoms with van der Waals surface area (Å²) < 4.78 is 5.09. The van der Waals surface area contributed by atoms with Gasteiger partial charge in [-0.15, -0.1) is 11.8 Å². The molecule has 0 heterocycles. The van der Waals surface area contributed by atoms with Crippen LogP contribution in [0.5, 0.6) is 0 Å². The molecule has 0 radical (unpaired) electrons. The summed E-state index contributed by atoms with van der Waals surface area (Å²) in [5, 5.41) is 3.58. The average Bonchev–Trinajstić information content (AvgIpc) is 2.36. The monoisotopic (exact) mass is 253 g/mol. The number of benzene rings is 1. The first-order chi connectivity index (χ1) is 8.17. The Bertz CT molecular complexity index is 313. The molecule has 1 aromatic carbocycles. The maximum Gasteiger partial charge on any atom is 0.0476 e. The van der Waals surface area contributed by atoms with Gasteiger partial charge in [0.1, 0.15) is 0 Å². The van der Waals surface area contributed by atoms with E-state index in [1.54, 1.807) is 18.9 Å². The maximum atomic E-state index is 5.09. The fourth-order valence-corrected chi connectivity index (χ4v) is 2.20. The van der Waals surface area contributed by atoms with E-state index < -0.39 is 0 Å². The van der Waals surface area contributed by atoms with Gasteiger partial charge in [-0.1, -0.05) is 12.1 Å². The molecule has 17 heavy (non-hydrogen) atoms. The lowest BCUT2D eigenvalue weighted by Gasteiger charge is -2.20. The molecule has 2 atom stereocenters. The highest BCUT2D eigenvalue weighted by Crippen LogP contribution is 2.19. The quantitative estimate of drug-likeness (QED) is 0.752. The van der Waals surface area contributed by atoms with Crippen LogP contribution in [0, 0.1) is 0 Å². The first-order valence-corrected chi connectivity index (χ1v) is 7.28. The van der Waals surface area contributed by atoms with Gasteiger partial charge in [0.2, 0.25) is 0 Å². The lowest BCUT2D eigenvalue weighted by Crippen LogP contribution is -2.29. The second-order valence-electron chi connectivity index (χ2n) is 4.34. The first kappa shape index (κ1) is 14.6. The van der Waals surface area contributed by atoms with Crippen LogP contribution in [-0.2, 0) is 4.74 Å². The highest BCUT2D eigenvalue weighted by atomic mass is 32.2. The van der Waals surface area contributed by atoms with Gasteiger partial charge in [-0.3, -0.25) is 0 Å². The van der Waals surface area contributed by atoms with Crippen molar-refractivity contribution in [2.75, 3.05) is 20.0 Å². The first-order valence-electron chi connectivity index (χ1n) is 6.06. The van der Waals surface area contributed by atoms with Gasteiger partial charge in [-0.25, -0.2) is 0 Å². The van der Waals surface area contributed by atoms with Crippen LogP contribution in [-0.4, -0.2) is 26.0 Å². The van der Waals surface area contributed by atoms with Gasteiger partial charge in [0, 0.05) is 30.7 Å². The van der Waals surface area contributed by atoms with Crippen LogP contribution in [0.1, 0.15) is 31.9 Å². The zero-order valence-electron chi connectivity index (χ0n) is 11.2. The van der Waals surface area contributed by atoms with E-state index in [9.17, 15) is 0 Å². The number of hydrogen-bond acceptors (Lipinski definition) is 3. The molecule has 2 unspecified atom stereocenters. The van der Waals surface area contributed by atoms with Gasteiger partial charge < -0.3 is 10.1 Å². The summed E-state index contributed by atoms with van der Waals surface area (Å²) in [7, 11) is 1.75. The molecule has 0 bridgehead atoms. The minimum Gasteiger partial charge on any atom is -0.385 e. The Balaban J connectivity index is 2.47. The van der Waals surface area contributed by atoms with Crippen LogP contribution in [0.4, 0.5) is 0 Å². The molecule has 0 aliphatic carbocycles. The van der Waals surface area contributed by atoms with E-state index >= 15 is 0 Å². The lowest BCUT2D eigenvalue weighted by atomic mass is 10.1. The predicted molar refractivity (Wildman–Crippen MR) is 75.7 cm³/mol. The van der Waals surface area contributed by atoms with Gasteiger partial charge in [-0.05, 0) is 44.2 Å². The van der Waals surface area contributed by atoms with Gasteiger partial charge >= 0.3 is 0 Å². The molecule has 0 aromatic heterocycles. The largest absolute Gasteiger partial charge is 0.385 e. The molecule has 0 fully saturated rings. The van der Waals surface area contributed by atoms with E-state index in [0.29, 0.717) is 12.1 Å². The molecule has 2 nitrogen and oxygen atoms in total. The average molecular weight is 253 g/mol. The normalized spacial score (nSPS) is 14.6. The Hall–Kier alpha value is -0.510. The van der Waals surface area contributed by atoms with Gasteiger partial charge in [0.05, 0.1) is 0 Å². The Morgan fingerprint density at radius 1 is 1.24 bits per heavy atom. The summed E-state index contributed by atoms with van der Waals surface area (Å²) in [6.07, 6.45) is 3.15. The Labute approximate surface area is 109 Å². The highest BCUT2D eigenvalue weighted by Gasteiger charge is 2.08. The van der Waals surface area contributed by atoms with E-state index in [-0.39, 0.29) is 0 Å². The van der Waals surface area contributed by atoms with Gasteiger partial charge in [-0.2, -0.15) is 0 Å². The van der Waals surface area contributed by atoms with E-state index in [0.717, 1.165) is 13.0 Å². The fraction of sp³-hybridized carbons (Fsp3) is 0.571. The SMILES string of the molecule is COCCC(C)NC(C)c1ccc(SC)cc1. The second-order valence-corrected chi connectivity index (χ2v) is 5.22. The van der Waals surface area contributed by atoms with Crippen molar-refractivity contribution < 1.29 is 4.74 Å². The molecule has 96 valence electrons. The van der Waals surface area contributed by atoms with Crippen LogP contribution in [0.15, 0.2) is 29.2 Å². The second kappa shape index (κ2) is 7.75. The molecule has 0 amide bonds. The van der Waals surface area contributed by atoms with Crippen molar-refractivity contribution in [2.45, 2.75) is 37.2 Å². The third-order valence-electron chi connectivity index (χ3n) is 2.91. The third-order valence-corrected chi connectivity index (χ3v) is 3.65. The fourth-order valence-electron chi connectivity index (χ4n) is 1.79. The standard InChI is InChI=1S/C14H23NOS/c1-11(9-10-16-3)15-12(2)13-5-7-14(17-4)8-6-13/h5-8,11-12,15H,9-10H2,1-4H3. The summed E-state index contributed by atoms with van der Waals surface area (Å²) in [6.45, 7) is 5.22. The molecule has 0 aliphatic heterocycles. The molecule has 1 N–H and O–H groups in total. The summed E-state index contributed by atoms with van der Waals surface area (Å²) in [6, 6.07) is 9.62. The van der Waals surface area contributed by atoms with E-state index in [1.807, 2.05) is 0 Å². The minimum atomic E-state index is 0.387.